The van der Waals surface area contributed by atoms with Gasteiger partial charge in [-0.3, -0.25) is 9.58 Å². The smallest absolute Gasteiger partial charge is 0.0536 e. The molecule has 0 bridgehead atoms. The SMILES string of the molecule is CC(C)N(CCn1cccn1)CC1CCCN1. The van der Waals surface area contributed by atoms with E-state index in [4.69, 9.17) is 0 Å². The van der Waals surface area contributed by atoms with E-state index >= 15 is 0 Å². The molecule has 0 radical (unpaired) electrons. The Morgan fingerprint density at radius 2 is 2.41 bits per heavy atom. The Bertz CT molecular complexity index is 301. The highest BCUT2D eigenvalue weighted by Crippen LogP contribution is 2.09. The standard InChI is InChI=1S/C13H24N4/c1-12(2)16(11-13-5-3-6-14-13)9-10-17-8-4-7-15-17/h4,7-8,12-14H,3,5-6,9-11H2,1-2H3. The Morgan fingerprint density at radius 3 is 3.00 bits per heavy atom. The lowest BCUT2D eigenvalue weighted by Gasteiger charge is -2.29. The molecule has 0 aromatic carbocycles. The van der Waals surface area contributed by atoms with Gasteiger partial charge in [-0.15, -0.1) is 0 Å². The predicted molar refractivity (Wildman–Crippen MR) is 70.0 cm³/mol. The second-order valence-corrected chi connectivity index (χ2v) is 5.15. The second kappa shape index (κ2) is 6.17. The van der Waals surface area contributed by atoms with E-state index in [-0.39, 0.29) is 0 Å². The number of hydrogen-bond acceptors (Lipinski definition) is 3. The van der Waals surface area contributed by atoms with Gasteiger partial charge in [0.25, 0.3) is 0 Å². The highest BCUT2D eigenvalue weighted by atomic mass is 15.3. The summed E-state index contributed by atoms with van der Waals surface area (Å²) in [5.74, 6) is 0. The average molecular weight is 236 g/mol. The summed E-state index contributed by atoms with van der Waals surface area (Å²) in [7, 11) is 0. The minimum absolute atomic E-state index is 0.605. The van der Waals surface area contributed by atoms with Gasteiger partial charge in [0, 0.05) is 37.6 Å². The van der Waals surface area contributed by atoms with Gasteiger partial charge in [-0.1, -0.05) is 0 Å². The average Bonchev–Trinajstić information content (AvgIpc) is 2.97. The third kappa shape index (κ3) is 3.82. The van der Waals surface area contributed by atoms with Crippen molar-refractivity contribution in [2.75, 3.05) is 19.6 Å². The largest absolute Gasteiger partial charge is 0.313 e. The van der Waals surface area contributed by atoms with Gasteiger partial charge in [0.05, 0.1) is 6.54 Å². The molecule has 1 unspecified atom stereocenters. The lowest BCUT2D eigenvalue weighted by Crippen LogP contribution is -2.42. The Morgan fingerprint density at radius 1 is 1.53 bits per heavy atom. The van der Waals surface area contributed by atoms with E-state index in [2.05, 4.69) is 29.2 Å². The van der Waals surface area contributed by atoms with Crippen LogP contribution in [0.1, 0.15) is 26.7 Å². The van der Waals surface area contributed by atoms with Crippen LogP contribution in [0.3, 0.4) is 0 Å². The maximum atomic E-state index is 4.25. The quantitative estimate of drug-likeness (QED) is 0.809. The monoisotopic (exact) mass is 236 g/mol. The number of aromatic nitrogens is 2. The van der Waals surface area contributed by atoms with Gasteiger partial charge in [-0.05, 0) is 39.3 Å². The first kappa shape index (κ1) is 12.6. The Labute approximate surface area is 104 Å². The lowest BCUT2D eigenvalue weighted by atomic mass is 10.2. The number of hydrogen-bond donors (Lipinski definition) is 1. The third-order valence-electron chi connectivity index (χ3n) is 3.52. The Balaban J connectivity index is 1.79. The third-order valence-corrected chi connectivity index (χ3v) is 3.52. The summed E-state index contributed by atoms with van der Waals surface area (Å²) < 4.78 is 2.01. The first-order chi connectivity index (χ1) is 8.25. The van der Waals surface area contributed by atoms with Crippen molar-refractivity contribution in [1.82, 2.24) is 20.0 Å². The molecule has 0 spiro atoms. The summed E-state index contributed by atoms with van der Waals surface area (Å²) in [4.78, 5) is 2.55. The zero-order valence-corrected chi connectivity index (χ0v) is 11.0. The van der Waals surface area contributed by atoms with Crippen LogP contribution in [0.15, 0.2) is 18.5 Å². The molecule has 4 nitrogen and oxygen atoms in total. The van der Waals surface area contributed by atoms with Crippen LogP contribution in [0, 0.1) is 0 Å². The van der Waals surface area contributed by atoms with E-state index in [0.717, 1.165) is 13.1 Å². The second-order valence-electron chi connectivity index (χ2n) is 5.15. The van der Waals surface area contributed by atoms with Crippen molar-refractivity contribution in [3.8, 4) is 0 Å². The topological polar surface area (TPSA) is 33.1 Å². The van der Waals surface area contributed by atoms with Crippen LogP contribution in [-0.2, 0) is 6.54 Å². The Kier molecular flexibility index (Phi) is 4.57. The maximum absolute atomic E-state index is 4.25. The molecular formula is C13H24N4. The lowest BCUT2D eigenvalue weighted by molar-refractivity contribution is 0.192. The fraction of sp³-hybridized carbons (Fsp3) is 0.769. The first-order valence-electron chi connectivity index (χ1n) is 6.70. The van der Waals surface area contributed by atoms with E-state index in [1.807, 2.05) is 23.1 Å². The van der Waals surface area contributed by atoms with Crippen molar-refractivity contribution in [3.05, 3.63) is 18.5 Å². The molecule has 1 saturated heterocycles. The zero-order chi connectivity index (χ0) is 12.1. The number of nitrogens with one attached hydrogen (secondary N) is 1. The number of rotatable bonds is 6. The molecule has 0 saturated carbocycles. The van der Waals surface area contributed by atoms with Gasteiger partial charge < -0.3 is 5.32 Å². The molecule has 1 aromatic heterocycles. The predicted octanol–water partition coefficient (Wildman–Crippen LogP) is 1.35. The van der Waals surface area contributed by atoms with Crippen molar-refractivity contribution in [3.63, 3.8) is 0 Å². The van der Waals surface area contributed by atoms with Crippen molar-refractivity contribution < 1.29 is 0 Å². The van der Waals surface area contributed by atoms with Crippen molar-refractivity contribution in [1.29, 1.82) is 0 Å². The number of nitrogens with zero attached hydrogens (tertiary/aromatic N) is 3. The molecule has 1 aromatic rings. The van der Waals surface area contributed by atoms with Gasteiger partial charge in [0.15, 0.2) is 0 Å². The summed E-state index contributed by atoms with van der Waals surface area (Å²) in [5, 5.41) is 7.82. The highest BCUT2D eigenvalue weighted by Gasteiger charge is 2.19. The summed E-state index contributed by atoms with van der Waals surface area (Å²) in [6, 6.07) is 3.28. The molecule has 96 valence electrons. The normalized spacial score (nSPS) is 20.6. The van der Waals surface area contributed by atoms with Crippen molar-refractivity contribution in [2.24, 2.45) is 0 Å². The summed E-state index contributed by atoms with van der Waals surface area (Å²) in [5.41, 5.74) is 0. The molecule has 1 atom stereocenters. The van der Waals surface area contributed by atoms with E-state index in [1.54, 1.807) is 0 Å². The van der Waals surface area contributed by atoms with Crippen molar-refractivity contribution in [2.45, 2.75) is 45.3 Å². The zero-order valence-electron chi connectivity index (χ0n) is 11.0. The van der Waals surface area contributed by atoms with E-state index in [9.17, 15) is 0 Å². The van der Waals surface area contributed by atoms with Crippen molar-refractivity contribution >= 4 is 0 Å². The Hall–Kier alpha value is -0.870. The fourth-order valence-corrected chi connectivity index (χ4v) is 2.42. The molecule has 4 heteroatoms. The van der Waals surface area contributed by atoms with Crippen LogP contribution >= 0.6 is 0 Å². The fourth-order valence-electron chi connectivity index (χ4n) is 2.42. The summed E-state index contributed by atoms with van der Waals surface area (Å²) in [6.45, 7) is 8.97. The molecule has 0 amide bonds. The minimum Gasteiger partial charge on any atom is -0.313 e. The van der Waals surface area contributed by atoms with Crippen LogP contribution in [0.4, 0.5) is 0 Å². The molecular weight excluding hydrogens is 212 g/mol. The molecule has 2 rings (SSSR count). The van der Waals surface area contributed by atoms with Crippen LogP contribution in [0.25, 0.3) is 0 Å². The van der Waals surface area contributed by atoms with Gasteiger partial charge in [-0.2, -0.15) is 5.10 Å². The van der Waals surface area contributed by atoms with E-state index < -0.39 is 0 Å². The van der Waals surface area contributed by atoms with Crippen LogP contribution in [-0.4, -0.2) is 46.4 Å². The molecule has 1 aliphatic heterocycles. The first-order valence-corrected chi connectivity index (χ1v) is 6.70. The van der Waals surface area contributed by atoms with Crippen LogP contribution < -0.4 is 5.32 Å². The maximum Gasteiger partial charge on any atom is 0.0536 e. The van der Waals surface area contributed by atoms with Gasteiger partial charge in [0.1, 0.15) is 0 Å². The molecule has 1 fully saturated rings. The van der Waals surface area contributed by atoms with E-state index in [1.165, 1.54) is 25.9 Å². The van der Waals surface area contributed by atoms with Gasteiger partial charge in [0.2, 0.25) is 0 Å². The molecule has 1 N–H and O–H groups in total. The van der Waals surface area contributed by atoms with Gasteiger partial charge >= 0.3 is 0 Å². The molecule has 0 aliphatic carbocycles. The highest BCUT2D eigenvalue weighted by molar-refractivity contribution is 4.81. The minimum atomic E-state index is 0.605. The van der Waals surface area contributed by atoms with E-state index in [0.29, 0.717) is 12.1 Å². The van der Waals surface area contributed by atoms with Crippen LogP contribution in [0.2, 0.25) is 0 Å². The molecule has 2 heterocycles. The summed E-state index contributed by atoms with van der Waals surface area (Å²) >= 11 is 0. The molecule has 1 aliphatic rings. The molecule has 17 heavy (non-hydrogen) atoms. The summed E-state index contributed by atoms with van der Waals surface area (Å²) in [6.07, 6.45) is 6.53. The van der Waals surface area contributed by atoms with Gasteiger partial charge in [-0.25, -0.2) is 0 Å². The van der Waals surface area contributed by atoms with Crippen LogP contribution in [0.5, 0.6) is 0 Å².